The normalized spacial score (nSPS) is 21.1. The van der Waals surface area contributed by atoms with Gasteiger partial charge in [-0.15, -0.1) is 0 Å². The number of anilines is 1. The molecule has 0 bridgehead atoms. The van der Waals surface area contributed by atoms with Crippen molar-refractivity contribution >= 4 is 5.69 Å². The van der Waals surface area contributed by atoms with Gasteiger partial charge in [0, 0.05) is 19.8 Å². The summed E-state index contributed by atoms with van der Waals surface area (Å²) >= 11 is 0. The van der Waals surface area contributed by atoms with Crippen LogP contribution < -0.4 is 4.90 Å². The van der Waals surface area contributed by atoms with Gasteiger partial charge < -0.3 is 9.64 Å². The van der Waals surface area contributed by atoms with E-state index in [-0.39, 0.29) is 0 Å². The summed E-state index contributed by atoms with van der Waals surface area (Å²) in [7, 11) is 3.79. The standard InChI is InChI=1S/C21H27NO/c1-22(16-23-2)21-13-11-18(12-14-21)20-10-6-9-19(15-20)17-7-4-3-5-8-17/h3-5,7-8,11-14,19-20H,6,9-10,15-16H2,1-2H3. The highest BCUT2D eigenvalue weighted by atomic mass is 16.5. The zero-order valence-corrected chi connectivity index (χ0v) is 14.2. The molecular weight excluding hydrogens is 282 g/mol. The molecule has 0 N–H and O–H groups in total. The zero-order chi connectivity index (χ0) is 16.1. The molecule has 2 aromatic carbocycles. The van der Waals surface area contributed by atoms with E-state index in [1.54, 1.807) is 7.11 Å². The molecule has 2 unspecified atom stereocenters. The third-order valence-electron chi connectivity index (χ3n) is 5.07. The van der Waals surface area contributed by atoms with E-state index in [4.69, 9.17) is 4.74 Å². The fourth-order valence-corrected chi connectivity index (χ4v) is 3.79. The molecule has 0 saturated heterocycles. The molecular formula is C21H27NO. The van der Waals surface area contributed by atoms with Crippen LogP contribution in [-0.2, 0) is 4.74 Å². The van der Waals surface area contributed by atoms with E-state index in [1.165, 1.54) is 42.5 Å². The second-order valence-corrected chi connectivity index (χ2v) is 6.68. The Balaban J connectivity index is 1.69. The summed E-state index contributed by atoms with van der Waals surface area (Å²) in [6.45, 7) is 0.624. The zero-order valence-electron chi connectivity index (χ0n) is 14.2. The number of methoxy groups -OCH3 is 1. The van der Waals surface area contributed by atoms with Gasteiger partial charge in [-0.05, 0) is 54.4 Å². The van der Waals surface area contributed by atoms with Gasteiger partial charge in [-0.25, -0.2) is 0 Å². The third kappa shape index (κ3) is 3.94. The van der Waals surface area contributed by atoms with E-state index < -0.39 is 0 Å². The van der Waals surface area contributed by atoms with Crippen molar-refractivity contribution in [1.82, 2.24) is 0 Å². The van der Waals surface area contributed by atoms with Crippen LogP contribution in [0.5, 0.6) is 0 Å². The minimum Gasteiger partial charge on any atom is -0.364 e. The smallest absolute Gasteiger partial charge is 0.118 e. The monoisotopic (exact) mass is 309 g/mol. The number of hydrogen-bond acceptors (Lipinski definition) is 2. The van der Waals surface area contributed by atoms with Crippen molar-refractivity contribution in [2.24, 2.45) is 0 Å². The molecule has 0 amide bonds. The van der Waals surface area contributed by atoms with Crippen molar-refractivity contribution in [1.29, 1.82) is 0 Å². The van der Waals surface area contributed by atoms with Gasteiger partial charge in [-0.1, -0.05) is 48.9 Å². The molecule has 2 atom stereocenters. The van der Waals surface area contributed by atoms with Gasteiger partial charge in [-0.3, -0.25) is 0 Å². The van der Waals surface area contributed by atoms with Crippen LogP contribution in [0.4, 0.5) is 5.69 Å². The van der Waals surface area contributed by atoms with Gasteiger partial charge >= 0.3 is 0 Å². The van der Waals surface area contributed by atoms with Crippen LogP contribution in [0.2, 0.25) is 0 Å². The van der Waals surface area contributed by atoms with Crippen molar-refractivity contribution in [3.63, 3.8) is 0 Å². The van der Waals surface area contributed by atoms with Crippen LogP contribution in [0, 0.1) is 0 Å². The maximum Gasteiger partial charge on any atom is 0.118 e. The third-order valence-corrected chi connectivity index (χ3v) is 5.07. The van der Waals surface area contributed by atoms with Crippen molar-refractivity contribution < 1.29 is 4.74 Å². The van der Waals surface area contributed by atoms with Gasteiger partial charge in [0.2, 0.25) is 0 Å². The number of nitrogens with zero attached hydrogens (tertiary/aromatic N) is 1. The summed E-state index contributed by atoms with van der Waals surface area (Å²) in [5.41, 5.74) is 4.21. The highest BCUT2D eigenvalue weighted by Gasteiger charge is 2.24. The SMILES string of the molecule is COCN(C)c1ccc(C2CCCC(c3ccccc3)C2)cc1. The van der Waals surface area contributed by atoms with E-state index in [1.807, 2.05) is 0 Å². The topological polar surface area (TPSA) is 12.5 Å². The van der Waals surface area contributed by atoms with E-state index in [9.17, 15) is 0 Å². The second kappa shape index (κ2) is 7.65. The van der Waals surface area contributed by atoms with E-state index in [0.717, 1.165) is 0 Å². The lowest BCUT2D eigenvalue weighted by molar-refractivity contribution is 0.202. The van der Waals surface area contributed by atoms with Crippen molar-refractivity contribution in [2.75, 3.05) is 25.8 Å². The van der Waals surface area contributed by atoms with Crippen LogP contribution >= 0.6 is 0 Å². The average molecular weight is 309 g/mol. The van der Waals surface area contributed by atoms with Crippen LogP contribution in [0.3, 0.4) is 0 Å². The van der Waals surface area contributed by atoms with E-state index in [2.05, 4.69) is 66.5 Å². The minimum absolute atomic E-state index is 0.624. The van der Waals surface area contributed by atoms with Crippen LogP contribution in [0.25, 0.3) is 0 Å². The first kappa shape index (κ1) is 16.1. The molecule has 1 aliphatic rings. The molecule has 3 rings (SSSR count). The summed E-state index contributed by atoms with van der Waals surface area (Å²) in [6, 6.07) is 20.1. The van der Waals surface area contributed by atoms with Gasteiger partial charge in [0.05, 0.1) is 0 Å². The first-order valence-electron chi connectivity index (χ1n) is 8.63. The fraction of sp³-hybridized carbons (Fsp3) is 0.429. The molecule has 2 aromatic rings. The highest BCUT2D eigenvalue weighted by Crippen LogP contribution is 2.41. The number of hydrogen-bond donors (Lipinski definition) is 0. The molecule has 0 radical (unpaired) electrons. The molecule has 23 heavy (non-hydrogen) atoms. The molecule has 0 aromatic heterocycles. The predicted octanol–water partition coefficient (Wildman–Crippen LogP) is 5.17. The molecule has 0 spiro atoms. The van der Waals surface area contributed by atoms with Gasteiger partial charge in [0.25, 0.3) is 0 Å². The Labute approximate surface area is 140 Å². The molecule has 0 heterocycles. The maximum atomic E-state index is 5.19. The fourth-order valence-electron chi connectivity index (χ4n) is 3.79. The van der Waals surface area contributed by atoms with Crippen LogP contribution in [0.1, 0.15) is 48.6 Å². The summed E-state index contributed by atoms with van der Waals surface area (Å²) < 4.78 is 5.19. The predicted molar refractivity (Wildman–Crippen MR) is 97.1 cm³/mol. The largest absolute Gasteiger partial charge is 0.364 e. The second-order valence-electron chi connectivity index (χ2n) is 6.68. The minimum atomic E-state index is 0.624. The Morgan fingerprint density at radius 1 is 0.913 bits per heavy atom. The lowest BCUT2D eigenvalue weighted by atomic mass is 9.75. The first-order valence-corrected chi connectivity index (χ1v) is 8.63. The van der Waals surface area contributed by atoms with Gasteiger partial charge in [0.15, 0.2) is 0 Å². The molecule has 1 aliphatic carbocycles. The van der Waals surface area contributed by atoms with E-state index >= 15 is 0 Å². The lowest BCUT2D eigenvalue weighted by Gasteiger charge is -2.30. The molecule has 1 fully saturated rings. The van der Waals surface area contributed by atoms with Gasteiger partial charge in [-0.2, -0.15) is 0 Å². The van der Waals surface area contributed by atoms with Crippen molar-refractivity contribution in [2.45, 2.75) is 37.5 Å². The summed E-state index contributed by atoms with van der Waals surface area (Å²) in [6.07, 6.45) is 5.25. The molecule has 2 nitrogen and oxygen atoms in total. The Bertz CT molecular complexity index is 593. The Morgan fingerprint density at radius 3 is 2.13 bits per heavy atom. The number of ether oxygens (including phenoxy) is 1. The Morgan fingerprint density at radius 2 is 1.52 bits per heavy atom. The Kier molecular flexibility index (Phi) is 5.35. The Hall–Kier alpha value is -1.80. The molecule has 2 heteroatoms. The number of benzene rings is 2. The van der Waals surface area contributed by atoms with Crippen LogP contribution in [0.15, 0.2) is 54.6 Å². The van der Waals surface area contributed by atoms with Crippen LogP contribution in [-0.4, -0.2) is 20.9 Å². The van der Waals surface area contributed by atoms with Gasteiger partial charge in [0.1, 0.15) is 6.73 Å². The summed E-state index contributed by atoms with van der Waals surface area (Å²) in [5, 5.41) is 0. The van der Waals surface area contributed by atoms with Crippen molar-refractivity contribution in [3.8, 4) is 0 Å². The summed E-state index contributed by atoms with van der Waals surface area (Å²) in [5.74, 6) is 1.40. The lowest BCUT2D eigenvalue weighted by Crippen LogP contribution is -2.19. The molecule has 0 aliphatic heterocycles. The quantitative estimate of drug-likeness (QED) is 0.707. The first-order chi connectivity index (χ1) is 11.3. The maximum absolute atomic E-state index is 5.19. The molecule has 122 valence electrons. The highest BCUT2D eigenvalue weighted by molar-refractivity contribution is 5.47. The average Bonchev–Trinajstić information content (AvgIpc) is 2.63. The van der Waals surface area contributed by atoms with Crippen molar-refractivity contribution in [3.05, 3.63) is 65.7 Å². The molecule has 1 saturated carbocycles. The summed E-state index contributed by atoms with van der Waals surface area (Å²) in [4.78, 5) is 2.12. The number of rotatable bonds is 5. The van der Waals surface area contributed by atoms with E-state index in [0.29, 0.717) is 18.6 Å².